The molecule has 0 aliphatic carbocycles. The number of nitriles is 2. The van der Waals surface area contributed by atoms with Gasteiger partial charge in [0.05, 0.1) is 51.4 Å². The molecular formula is C57H34N8. The van der Waals surface area contributed by atoms with Crippen molar-refractivity contribution in [3.05, 3.63) is 217 Å². The second-order valence-corrected chi connectivity index (χ2v) is 15.6. The van der Waals surface area contributed by atoms with E-state index in [4.69, 9.17) is 24.9 Å². The van der Waals surface area contributed by atoms with Crippen LogP contribution in [0.15, 0.2) is 206 Å². The van der Waals surface area contributed by atoms with E-state index in [1.165, 1.54) is 0 Å². The maximum atomic E-state index is 9.88. The number of nitrogens with zero attached hydrogens (tertiary/aromatic N) is 8. The molecule has 8 nitrogen and oxygen atoms in total. The first kappa shape index (κ1) is 38.5. The molecule has 302 valence electrons. The summed E-state index contributed by atoms with van der Waals surface area (Å²) in [6.07, 6.45) is 0. The molecule has 8 aromatic carbocycles. The predicted octanol–water partition coefficient (Wildman–Crippen LogP) is 13.2. The van der Waals surface area contributed by atoms with Crippen LogP contribution in [-0.2, 0) is 0 Å². The lowest BCUT2D eigenvalue weighted by molar-refractivity contribution is 1.06. The molecule has 0 spiro atoms. The van der Waals surface area contributed by atoms with Gasteiger partial charge in [0.1, 0.15) is 0 Å². The van der Waals surface area contributed by atoms with Crippen LogP contribution < -0.4 is 0 Å². The van der Waals surface area contributed by atoms with Crippen molar-refractivity contribution in [1.29, 1.82) is 10.5 Å². The third-order valence-electron chi connectivity index (χ3n) is 11.5. The van der Waals surface area contributed by atoms with Gasteiger partial charge in [-0.25, -0.2) is 24.9 Å². The normalized spacial score (nSPS) is 11.0. The third-order valence-corrected chi connectivity index (χ3v) is 11.5. The van der Waals surface area contributed by atoms with Gasteiger partial charge in [0.15, 0.2) is 23.3 Å². The molecule has 0 saturated heterocycles. The Morgan fingerprint density at radius 3 is 1.38 bits per heavy atom. The minimum Gasteiger partial charge on any atom is -0.308 e. The Labute approximate surface area is 374 Å². The molecule has 0 fully saturated rings. The number of fused-ring (bicyclic) bond motifs is 3. The molecule has 0 saturated carbocycles. The van der Waals surface area contributed by atoms with Crippen LogP contribution >= 0.6 is 0 Å². The molecule has 0 radical (unpaired) electrons. The Bertz CT molecular complexity index is 3520. The van der Waals surface area contributed by atoms with Crippen LogP contribution in [0.4, 0.5) is 0 Å². The van der Waals surface area contributed by atoms with Gasteiger partial charge in [-0.3, -0.25) is 0 Å². The molecule has 0 aliphatic heterocycles. The lowest BCUT2D eigenvalue weighted by Gasteiger charge is -2.17. The number of hydrogen-bond acceptors (Lipinski definition) is 7. The average Bonchev–Trinajstić information content (AvgIpc) is 3.72. The molecule has 0 N–H and O–H groups in total. The summed E-state index contributed by atoms with van der Waals surface area (Å²) in [5, 5.41) is 21.9. The van der Waals surface area contributed by atoms with Gasteiger partial charge in [0.25, 0.3) is 0 Å². The highest BCUT2D eigenvalue weighted by Crippen LogP contribution is 2.40. The average molecular weight is 831 g/mol. The zero-order valence-electron chi connectivity index (χ0n) is 34.7. The van der Waals surface area contributed by atoms with Crippen molar-refractivity contribution in [2.24, 2.45) is 0 Å². The number of benzene rings is 8. The summed E-state index contributed by atoms with van der Waals surface area (Å²) in [4.78, 5) is 25.9. The van der Waals surface area contributed by atoms with Gasteiger partial charge in [-0.15, -0.1) is 0 Å². The molecule has 65 heavy (non-hydrogen) atoms. The molecule has 3 heterocycles. The lowest BCUT2D eigenvalue weighted by Crippen LogP contribution is -2.04. The lowest BCUT2D eigenvalue weighted by atomic mass is 9.99. The summed E-state index contributed by atoms with van der Waals surface area (Å²) >= 11 is 0. The predicted molar refractivity (Wildman–Crippen MR) is 257 cm³/mol. The highest BCUT2D eigenvalue weighted by Gasteiger charge is 2.22. The summed E-state index contributed by atoms with van der Waals surface area (Å²) in [6, 6.07) is 72.9. The largest absolute Gasteiger partial charge is 0.308 e. The molecule has 0 bridgehead atoms. The molecule has 11 rings (SSSR count). The Hall–Kier alpha value is -9.37. The van der Waals surface area contributed by atoms with Crippen LogP contribution in [0.5, 0.6) is 0 Å². The minimum atomic E-state index is 0.423. The molecule has 8 heteroatoms. The fourth-order valence-electron chi connectivity index (χ4n) is 8.40. The highest BCUT2D eigenvalue weighted by molar-refractivity contribution is 6.10. The summed E-state index contributed by atoms with van der Waals surface area (Å²) in [6.45, 7) is 0. The van der Waals surface area contributed by atoms with E-state index < -0.39 is 0 Å². The van der Waals surface area contributed by atoms with Crippen molar-refractivity contribution in [2.75, 3.05) is 0 Å². The first-order chi connectivity index (χ1) is 32.1. The van der Waals surface area contributed by atoms with Crippen molar-refractivity contribution in [3.8, 4) is 97.0 Å². The van der Waals surface area contributed by atoms with E-state index in [9.17, 15) is 10.5 Å². The molecule has 0 amide bonds. The van der Waals surface area contributed by atoms with E-state index in [-0.39, 0.29) is 0 Å². The van der Waals surface area contributed by atoms with Crippen LogP contribution in [0.2, 0.25) is 0 Å². The van der Waals surface area contributed by atoms with Gasteiger partial charge < -0.3 is 4.57 Å². The maximum Gasteiger partial charge on any atom is 0.166 e. The van der Waals surface area contributed by atoms with Gasteiger partial charge in [-0.05, 0) is 59.7 Å². The first-order valence-electron chi connectivity index (χ1n) is 21.1. The number of aromatic nitrogens is 6. The number of rotatable bonds is 8. The van der Waals surface area contributed by atoms with Gasteiger partial charge in [0, 0.05) is 44.2 Å². The van der Waals surface area contributed by atoms with Crippen LogP contribution in [0.3, 0.4) is 0 Å². The van der Waals surface area contributed by atoms with E-state index >= 15 is 0 Å². The van der Waals surface area contributed by atoms with E-state index in [1.807, 2.05) is 140 Å². The molecule has 0 unspecified atom stereocenters. The Morgan fingerprint density at radius 1 is 0.323 bits per heavy atom. The molecule has 0 aliphatic rings. The maximum absolute atomic E-state index is 9.88. The Balaban J connectivity index is 1.21. The molecule has 3 aromatic heterocycles. The second-order valence-electron chi connectivity index (χ2n) is 15.6. The van der Waals surface area contributed by atoms with Crippen LogP contribution in [-0.4, -0.2) is 29.5 Å². The van der Waals surface area contributed by atoms with Crippen molar-refractivity contribution in [1.82, 2.24) is 29.5 Å². The Morgan fingerprint density at radius 2 is 0.800 bits per heavy atom. The highest BCUT2D eigenvalue weighted by atomic mass is 15.1. The fraction of sp³-hybridized carbons (Fsp3) is 0. The van der Waals surface area contributed by atoms with E-state index in [2.05, 4.69) is 77.4 Å². The summed E-state index contributed by atoms with van der Waals surface area (Å²) < 4.78 is 2.26. The molecule has 11 aromatic rings. The first-order valence-corrected chi connectivity index (χ1v) is 21.1. The minimum absolute atomic E-state index is 0.423. The fourth-order valence-corrected chi connectivity index (χ4v) is 8.40. The zero-order valence-corrected chi connectivity index (χ0v) is 34.7. The van der Waals surface area contributed by atoms with Crippen molar-refractivity contribution in [2.45, 2.75) is 0 Å². The topological polar surface area (TPSA) is 117 Å². The third kappa shape index (κ3) is 7.34. The van der Waals surface area contributed by atoms with Gasteiger partial charge >= 0.3 is 0 Å². The SMILES string of the molecule is N#Cc1cc(C#N)cc(-c2ccc3c4ccccc4n(-c4ccc(-c5cc(-c6ccccc6)nc(-c6ccccc6)n5)cc4-c4nc(-c5ccccc5)nc(-c5ccccc5)n4)c3c2)c1. The van der Waals surface area contributed by atoms with Crippen LogP contribution in [0, 0.1) is 22.7 Å². The van der Waals surface area contributed by atoms with E-state index in [1.54, 1.807) is 6.07 Å². The molecular weight excluding hydrogens is 797 g/mol. The van der Waals surface area contributed by atoms with Crippen molar-refractivity contribution < 1.29 is 0 Å². The smallest absolute Gasteiger partial charge is 0.166 e. The summed E-state index contributed by atoms with van der Waals surface area (Å²) in [5.74, 6) is 2.18. The van der Waals surface area contributed by atoms with Gasteiger partial charge in [0.2, 0.25) is 0 Å². The number of para-hydroxylation sites is 1. The van der Waals surface area contributed by atoms with Crippen LogP contribution in [0.25, 0.3) is 107 Å². The monoisotopic (exact) mass is 830 g/mol. The summed E-state index contributed by atoms with van der Waals surface area (Å²) in [7, 11) is 0. The van der Waals surface area contributed by atoms with E-state index in [0.717, 1.165) is 83.4 Å². The summed E-state index contributed by atoms with van der Waals surface area (Å²) in [5.41, 5.74) is 12.0. The van der Waals surface area contributed by atoms with Crippen LogP contribution in [0.1, 0.15) is 11.1 Å². The second kappa shape index (κ2) is 16.5. The van der Waals surface area contributed by atoms with Crippen molar-refractivity contribution in [3.63, 3.8) is 0 Å². The quantitative estimate of drug-likeness (QED) is 0.150. The number of hydrogen-bond donors (Lipinski definition) is 0. The zero-order chi connectivity index (χ0) is 43.7. The Kier molecular flexibility index (Phi) is 9.78. The molecule has 0 atom stereocenters. The van der Waals surface area contributed by atoms with E-state index in [0.29, 0.717) is 34.4 Å². The van der Waals surface area contributed by atoms with Crippen molar-refractivity contribution >= 4 is 21.8 Å². The standard InChI is InChI=1S/C57H34N8/c58-35-37-29-38(36-59)31-45(30-37)43-25-27-47-46-23-13-14-24-51(46)65(53(47)33-43)52-28-26-44(50-34-49(39-15-5-1-6-16-39)60-54(61-50)40-17-7-2-8-18-40)32-48(52)57-63-55(41-19-9-3-10-20-41)62-56(64-57)42-21-11-4-12-22-42/h1-34H. The van der Waals surface area contributed by atoms with Gasteiger partial charge in [-0.2, -0.15) is 10.5 Å². The van der Waals surface area contributed by atoms with Gasteiger partial charge in [-0.1, -0.05) is 158 Å².